The van der Waals surface area contributed by atoms with Crippen molar-refractivity contribution in [3.8, 4) is 0 Å². The van der Waals surface area contributed by atoms with Gasteiger partial charge < -0.3 is 15.8 Å². The number of carbonyl (C=O) groups excluding carboxylic acids is 1. The molecule has 0 aromatic rings. The van der Waals surface area contributed by atoms with Gasteiger partial charge in [-0.2, -0.15) is 0 Å². The fourth-order valence-electron chi connectivity index (χ4n) is 2.02. The first-order valence-corrected chi connectivity index (χ1v) is 5.78. The Hall–Kier alpha value is -0.610. The van der Waals surface area contributed by atoms with Crippen molar-refractivity contribution in [1.29, 1.82) is 0 Å². The van der Waals surface area contributed by atoms with Crippen molar-refractivity contribution in [2.45, 2.75) is 50.7 Å². The van der Waals surface area contributed by atoms with Gasteiger partial charge in [0.2, 0.25) is 5.91 Å². The van der Waals surface area contributed by atoms with E-state index < -0.39 is 0 Å². The van der Waals surface area contributed by atoms with Crippen LogP contribution in [0.25, 0.3) is 0 Å². The first kappa shape index (κ1) is 12.5. The molecule has 1 rings (SSSR count). The predicted octanol–water partition coefficient (Wildman–Crippen LogP) is 0.799. The molecule has 0 aromatic carbocycles. The van der Waals surface area contributed by atoms with Gasteiger partial charge in [0.05, 0.1) is 6.10 Å². The Morgan fingerprint density at radius 2 is 2.27 bits per heavy atom. The third-order valence-electron chi connectivity index (χ3n) is 2.94. The summed E-state index contributed by atoms with van der Waals surface area (Å²) in [5, 5.41) is 3.04. The smallest absolute Gasteiger partial charge is 0.220 e. The predicted molar refractivity (Wildman–Crippen MR) is 59.5 cm³/mol. The number of ether oxygens (including phenoxy) is 1. The number of nitrogens with one attached hydrogen (secondary N) is 1. The highest BCUT2D eigenvalue weighted by Crippen LogP contribution is 2.21. The normalized spacial score (nSPS) is 25.5. The molecule has 3 N–H and O–H groups in total. The largest absolute Gasteiger partial charge is 0.381 e. The lowest BCUT2D eigenvalue weighted by atomic mass is 10.2. The van der Waals surface area contributed by atoms with Crippen LogP contribution in [0.2, 0.25) is 0 Å². The number of nitrogens with two attached hydrogens (primary N) is 1. The van der Waals surface area contributed by atoms with Crippen LogP contribution in [0.15, 0.2) is 0 Å². The number of methoxy groups -OCH3 is 1. The molecule has 1 amide bonds. The lowest BCUT2D eigenvalue weighted by Crippen LogP contribution is -2.33. The van der Waals surface area contributed by atoms with Gasteiger partial charge in [0.15, 0.2) is 0 Å². The van der Waals surface area contributed by atoms with Crippen molar-refractivity contribution in [3.05, 3.63) is 0 Å². The first-order chi connectivity index (χ1) is 7.26. The summed E-state index contributed by atoms with van der Waals surface area (Å²) >= 11 is 0. The van der Waals surface area contributed by atoms with E-state index in [0.29, 0.717) is 25.1 Å². The molecule has 4 heteroatoms. The van der Waals surface area contributed by atoms with E-state index in [0.717, 1.165) is 32.1 Å². The fraction of sp³-hybridized carbons (Fsp3) is 0.909. The number of unbranched alkanes of at least 4 members (excludes halogenated alkanes) is 1. The first-order valence-electron chi connectivity index (χ1n) is 5.78. The van der Waals surface area contributed by atoms with Crippen molar-refractivity contribution in [3.63, 3.8) is 0 Å². The molecule has 2 unspecified atom stereocenters. The molecule has 0 aromatic heterocycles. The number of hydrogen-bond donors (Lipinski definition) is 2. The van der Waals surface area contributed by atoms with Crippen molar-refractivity contribution in [2.24, 2.45) is 5.73 Å². The molecular weight excluding hydrogens is 192 g/mol. The van der Waals surface area contributed by atoms with E-state index >= 15 is 0 Å². The summed E-state index contributed by atoms with van der Waals surface area (Å²) in [5.41, 5.74) is 5.37. The Morgan fingerprint density at radius 3 is 2.87 bits per heavy atom. The second kappa shape index (κ2) is 6.80. The lowest BCUT2D eigenvalue weighted by Gasteiger charge is -2.12. The van der Waals surface area contributed by atoms with Gasteiger partial charge in [-0.25, -0.2) is 0 Å². The maximum absolute atomic E-state index is 11.5. The third kappa shape index (κ3) is 4.62. The molecule has 1 saturated carbocycles. The minimum absolute atomic E-state index is 0.158. The van der Waals surface area contributed by atoms with Crippen LogP contribution in [0.3, 0.4) is 0 Å². The van der Waals surface area contributed by atoms with Crippen LogP contribution < -0.4 is 11.1 Å². The van der Waals surface area contributed by atoms with E-state index in [4.69, 9.17) is 10.5 Å². The maximum Gasteiger partial charge on any atom is 0.220 e. The second-order valence-corrected chi connectivity index (χ2v) is 4.18. The van der Waals surface area contributed by atoms with E-state index in [1.807, 2.05) is 0 Å². The van der Waals surface area contributed by atoms with E-state index in [1.54, 1.807) is 7.11 Å². The SMILES string of the molecule is COC1CCC(NC(=O)CCCCN)C1. The zero-order chi connectivity index (χ0) is 11.1. The second-order valence-electron chi connectivity index (χ2n) is 4.18. The van der Waals surface area contributed by atoms with Gasteiger partial charge >= 0.3 is 0 Å². The fourth-order valence-corrected chi connectivity index (χ4v) is 2.02. The molecule has 88 valence electrons. The summed E-state index contributed by atoms with van der Waals surface area (Å²) in [6, 6.07) is 0.320. The molecule has 1 aliphatic rings. The Labute approximate surface area is 91.5 Å². The van der Waals surface area contributed by atoms with Crippen molar-refractivity contribution >= 4 is 5.91 Å². The average molecular weight is 214 g/mol. The van der Waals surface area contributed by atoms with Crippen LogP contribution in [0.5, 0.6) is 0 Å². The highest BCUT2D eigenvalue weighted by Gasteiger charge is 2.25. The molecule has 0 radical (unpaired) electrons. The molecule has 0 aliphatic heterocycles. The van der Waals surface area contributed by atoms with E-state index in [9.17, 15) is 4.79 Å². The zero-order valence-corrected chi connectivity index (χ0v) is 9.50. The Morgan fingerprint density at radius 1 is 1.47 bits per heavy atom. The highest BCUT2D eigenvalue weighted by atomic mass is 16.5. The average Bonchev–Trinajstić information content (AvgIpc) is 2.66. The summed E-state index contributed by atoms with van der Waals surface area (Å²) < 4.78 is 5.25. The van der Waals surface area contributed by atoms with Crippen molar-refractivity contribution < 1.29 is 9.53 Å². The quantitative estimate of drug-likeness (QED) is 0.643. The standard InChI is InChI=1S/C11H22N2O2/c1-15-10-6-5-9(8-10)13-11(14)4-2-3-7-12/h9-10H,2-8,12H2,1H3,(H,13,14). The van der Waals surface area contributed by atoms with Crippen molar-refractivity contribution in [2.75, 3.05) is 13.7 Å². The van der Waals surface area contributed by atoms with Gasteiger partial charge in [0, 0.05) is 19.6 Å². The van der Waals surface area contributed by atoms with E-state index in [-0.39, 0.29) is 5.91 Å². The topological polar surface area (TPSA) is 64.3 Å². The van der Waals surface area contributed by atoms with Gasteiger partial charge in [-0.1, -0.05) is 0 Å². The molecule has 15 heavy (non-hydrogen) atoms. The van der Waals surface area contributed by atoms with Gasteiger partial charge in [-0.15, -0.1) is 0 Å². The molecule has 1 fully saturated rings. The van der Waals surface area contributed by atoms with Gasteiger partial charge in [0.25, 0.3) is 0 Å². The summed E-state index contributed by atoms with van der Waals surface area (Å²) in [6.07, 6.45) is 5.82. The van der Waals surface area contributed by atoms with Crippen LogP contribution in [0.1, 0.15) is 38.5 Å². The molecule has 4 nitrogen and oxygen atoms in total. The van der Waals surface area contributed by atoms with Crippen molar-refractivity contribution in [1.82, 2.24) is 5.32 Å². The number of carbonyl (C=O) groups is 1. The lowest BCUT2D eigenvalue weighted by molar-refractivity contribution is -0.121. The molecule has 1 aliphatic carbocycles. The summed E-state index contributed by atoms with van der Waals surface area (Å²) in [7, 11) is 1.73. The summed E-state index contributed by atoms with van der Waals surface area (Å²) in [4.78, 5) is 11.5. The summed E-state index contributed by atoms with van der Waals surface area (Å²) in [5.74, 6) is 0.158. The minimum Gasteiger partial charge on any atom is -0.381 e. The Balaban J connectivity index is 2.10. The van der Waals surface area contributed by atoms with Crippen LogP contribution in [0, 0.1) is 0 Å². The molecule has 0 heterocycles. The molecule has 0 bridgehead atoms. The summed E-state index contributed by atoms with van der Waals surface area (Å²) in [6.45, 7) is 0.669. The number of hydrogen-bond acceptors (Lipinski definition) is 3. The molecule has 0 spiro atoms. The minimum atomic E-state index is 0.158. The molecular formula is C11H22N2O2. The van der Waals surface area contributed by atoms with Gasteiger partial charge in [0.1, 0.15) is 0 Å². The van der Waals surface area contributed by atoms with Crippen LogP contribution >= 0.6 is 0 Å². The molecule has 0 saturated heterocycles. The maximum atomic E-state index is 11.5. The van der Waals surface area contributed by atoms with Crippen LogP contribution in [-0.4, -0.2) is 31.7 Å². The van der Waals surface area contributed by atoms with Gasteiger partial charge in [-0.3, -0.25) is 4.79 Å². The van der Waals surface area contributed by atoms with Crippen LogP contribution in [-0.2, 0) is 9.53 Å². The monoisotopic (exact) mass is 214 g/mol. The zero-order valence-electron chi connectivity index (χ0n) is 9.50. The number of rotatable bonds is 6. The Kier molecular flexibility index (Phi) is 5.65. The van der Waals surface area contributed by atoms with E-state index in [2.05, 4.69) is 5.32 Å². The highest BCUT2D eigenvalue weighted by molar-refractivity contribution is 5.76. The number of amides is 1. The third-order valence-corrected chi connectivity index (χ3v) is 2.94. The Bertz CT molecular complexity index is 197. The van der Waals surface area contributed by atoms with E-state index in [1.165, 1.54) is 0 Å². The molecule has 2 atom stereocenters. The van der Waals surface area contributed by atoms with Crippen LogP contribution in [0.4, 0.5) is 0 Å². The van der Waals surface area contributed by atoms with Gasteiger partial charge in [-0.05, 0) is 38.6 Å².